The zero-order chi connectivity index (χ0) is 21.3. The van der Waals surface area contributed by atoms with Gasteiger partial charge in [-0.15, -0.1) is 11.3 Å². The van der Waals surface area contributed by atoms with Gasteiger partial charge in [-0.2, -0.15) is 4.98 Å². The fraction of sp³-hybridized carbons (Fsp3) is 0.182. The van der Waals surface area contributed by atoms with Crippen molar-refractivity contribution in [3.8, 4) is 22.2 Å². The van der Waals surface area contributed by atoms with Crippen molar-refractivity contribution >= 4 is 27.0 Å². The van der Waals surface area contributed by atoms with E-state index in [0.29, 0.717) is 33.7 Å². The Bertz CT molecular complexity index is 1280. The van der Waals surface area contributed by atoms with Gasteiger partial charge in [0.05, 0.1) is 10.6 Å². The molecule has 30 heavy (non-hydrogen) atoms. The van der Waals surface area contributed by atoms with Crippen molar-refractivity contribution in [2.45, 2.75) is 25.7 Å². The van der Waals surface area contributed by atoms with Gasteiger partial charge >= 0.3 is 0 Å². The standard InChI is InChI=1S/C22H21N3O3S2/c1-4-25(18-12-8-9-15(2)13-18)30(26,27)20-14-19(29-16(20)3)22-23-21(24-28-22)17-10-6-5-7-11-17/h5-14H,4H2,1-3H3. The largest absolute Gasteiger partial charge is 0.333 e. The van der Waals surface area contributed by atoms with E-state index in [4.69, 9.17) is 4.52 Å². The van der Waals surface area contributed by atoms with E-state index >= 15 is 0 Å². The van der Waals surface area contributed by atoms with Crippen molar-refractivity contribution in [2.24, 2.45) is 0 Å². The average molecular weight is 440 g/mol. The van der Waals surface area contributed by atoms with E-state index in [1.807, 2.05) is 62.4 Å². The minimum atomic E-state index is -3.73. The van der Waals surface area contributed by atoms with Crippen molar-refractivity contribution in [1.82, 2.24) is 10.1 Å². The van der Waals surface area contributed by atoms with Gasteiger partial charge in [0.2, 0.25) is 5.82 Å². The van der Waals surface area contributed by atoms with Gasteiger partial charge in [0, 0.05) is 17.0 Å². The van der Waals surface area contributed by atoms with E-state index in [1.54, 1.807) is 19.1 Å². The summed E-state index contributed by atoms with van der Waals surface area (Å²) < 4.78 is 33.7. The summed E-state index contributed by atoms with van der Waals surface area (Å²) in [6.45, 7) is 5.89. The Morgan fingerprint density at radius 2 is 1.80 bits per heavy atom. The lowest BCUT2D eigenvalue weighted by molar-refractivity contribution is 0.433. The molecule has 154 valence electrons. The van der Waals surface area contributed by atoms with E-state index < -0.39 is 10.0 Å². The molecule has 2 aromatic carbocycles. The number of aryl methyl sites for hydroxylation is 2. The van der Waals surface area contributed by atoms with Crippen LogP contribution in [0.4, 0.5) is 5.69 Å². The fourth-order valence-electron chi connectivity index (χ4n) is 3.25. The van der Waals surface area contributed by atoms with E-state index in [9.17, 15) is 8.42 Å². The van der Waals surface area contributed by atoms with Crippen molar-refractivity contribution < 1.29 is 12.9 Å². The van der Waals surface area contributed by atoms with Gasteiger partial charge in [-0.05, 0) is 44.5 Å². The van der Waals surface area contributed by atoms with Crippen LogP contribution in [0.2, 0.25) is 0 Å². The third-order valence-corrected chi connectivity index (χ3v) is 7.88. The number of thiophene rings is 1. The predicted octanol–water partition coefficient (Wildman–Crippen LogP) is 5.30. The summed E-state index contributed by atoms with van der Waals surface area (Å²) in [6.07, 6.45) is 0. The van der Waals surface area contributed by atoms with Crippen LogP contribution in [0, 0.1) is 13.8 Å². The second-order valence-corrected chi connectivity index (χ2v) is 9.92. The van der Waals surface area contributed by atoms with Crippen LogP contribution < -0.4 is 4.31 Å². The molecule has 0 aliphatic heterocycles. The Balaban J connectivity index is 1.71. The number of aromatic nitrogens is 2. The van der Waals surface area contributed by atoms with Crippen LogP contribution in [-0.2, 0) is 10.0 Å². The molecule has 0 aliphatic rings. The third kappa shape index (κ3) is 3.76. The van der Waals surface area contributed by atoms with Crippen LogP contribution in [0.15, 0.2) is 70.1 Å². The normalized spacial score (nSPS) is 11.6. The first-order chi connectivity index (χ1) is 14.4. The number of anilines is 1. The molecule has 0 saturated heterocycles. The molecule has 4 aromatic rings. The Morgan fingerprint density at radius 3 is 2.50 bits per heavy atom. The van der Waals surface area contributed by atoms with Crippen LogP contribution in [0.1, 0.15) is 17.4 Å². The molecule has 0 atom stereocenters. The second-order valence-electron chi connectivity index (χ2n) is 6.83. The summed E-state index contributed by atoms with van der Waals surface area (Å²) in [5.74, 6) is 0.776. The maximum absolute atomic E-state index is 13.4. The van der Waals surface area contributed by atoms with Crippen molar-refractivity contribution in [3.63, 3.8) is 0 Å². The van der Waals surface area contributed by atoms with Crippen LogP contribution in [0.25, 0.3) is 22.2 Å². The molecule has 0 spiro atoms. The molecule has 0 N–H and O–H groups in total. The van der Waals surface area contributed by atoms with Crippen LogP contribution in [0.3, 0.4) is 0 Å². The summed E-state index contributed by atoms with van der Waals surface area (Å²) in [7, 11) is -3.73. The van der Waals surface area contributed by atoms with Gasteiger partial charge in [0.15, 0.2) is 0 Å². The summed E-state index contributed by atoms with van der Waals surface area (Å²) in [5.41, 5.74) is 2.49. The van der Waals surface area contributed by atoms with Crippen LogP contribution in [-0.4, -0.2) is 25.1 Å². The first-order valence-electron chi connectivity index (χ1n) is 9.49. The van der Waals surface area contributed by atoms with E-state index in [-0.39, 0.29) is 4.90 Å². The smallest absolute Gasteiger partial charge is 0.268 e. The molecule has 0 amide bonds. The van der Waals surface area contributed by atoms with Gasteiger partial charge in [0.25, 0.3) is 15.9 Å². The minimum absolute atomic E-state index is 0.255. The number of hydrogen-bond donors (Lipinski definition) is 0. The van der Waals surface area contributed by atoms with Gasteiger partial charge in [-0.3, -0.25) is 4.31 Å². The van der Waals surface area contributed by atoms with E-state index in [0.717, 1.165) is 11.1 Å². The summed E-state index contributed by atoms with van der Waals surface area (Å²) in [4.78, 5) is 6.00. The zero-order valence-electron chi connectivity index (χ0n) is 16.9. The highest BCUT2D eigenvalue weighted by Crippen LogP contribution is 2.36. The molecular formula is C22H21N3O3S2. The predicted molar refractivity (Wildman–Crippen MR) is 119 cm³/mol. The number of benzene rings is 2. The summed E-state index contributed by atoms with van der Waals surface area (Å²) in [6, 6.07) is 18.6. The molecule has 0 unspecified atom stereocenters. The monoisotopic (exact) mass is 439 g/mol. The molecule has 0 radical (unpaired) electrons. The topological polar surface area (TPSA) is 76.3 Å². The van der Waals surface area contributed by atoms with Gasteiger partial charge in [-0.25, -0.2) is 8.42 Å². The summed E-state index contributed by atoms with van der Waals surface area (Å²) in [5, 5.41) is 4.03. The molecule has 4 rings (SSSR count). The Kier molecular flexibility index (Phi) is 5.44. The quantitative estimate of drug-likeness (QED) is 0.408. The molecule has 0 fully saturated rings. The number of sulfonamides is 1. The molecule has 6 nitrogen and oxygen atoms in total. The highest BCUT2D eigenvalue weighted by Gasteiger charge is 2.28. The molecule has 2 aromatic heterocycles. The van der Waals surface area contributed by atoms with Crippen LogP contribution >= 0.6 is 11.3 Å². The molecule has 8 heteroatoms. The lowest BCUT2D eigenvalue weighted by Gasteiger charge is -2.23. The molecular weight excluding hydrogens is 418 g/mol. The zero-order valence-corrected chi connectivity index (χ0v) is 18.5. The number of rotatable bonds is 6. The Labute approximate surface area is 179 Å². The van der Waals surface area contributed by atoms with Crippen LogP contribution in [0.5, 0.6) is 0 Å². The van der Waals surface area contributed by atoms with Gasteiger partial charge < -0.3 is 4.52 Å². The maximum Gasteiger partial charge on any atom is 0.268 e. The van der Waals surface area contributed by atoms with Crippen molar-refractivity contribution in [3.05, 3.63) is 71.1 Å². The minimum Gasteiger partial charge on any atom is -0.333 e. The highest BCUT2D eigenvalue weighted by atomic mass is 32.2. The van der Waals surface area contributed by atoms with Gasteiger partial charge in [-0.1, -0.05) is 47.6 Å². The number of nitrogens with zero attached hydrogens (tertiary/aromatic N) is 3. The Hall–Kier alpha value is -2.97. The first kappa shape index (κ1) is 20.3. The second kappa shape index (κ2) is 8.04. The molecule has 2 heterocycles. The first-order valence-corrected chi connectivity index (χ1v) is 11.7. The van der Waals surface area contributed by atoms with Gasteiger partial charge in [0.1, 0.15) is 4.90 Å². The average Bonchev–Trinajstić information content (AvgIpc) is 3.36. The number of hydrogen-bond acceptors (Lipinski definition) is 6. The summed E-state index contributed by atoms with van der Waals surface area (Å²) >= 11 is 1.33. The third-order valence-electron chi connectivity index (χ3n) is 4.69. The molecule has 0 aliphatic carbocycles. The van der Waals surface area contributed by atoms with Crippen molar-refractivity contribution in [2.75, 3.05) is 10.8 Å². The molecule has 0 bridgehead atoms. The lowest BCUT2D eigenvalue weighted by Crippen LogP contribution is -2.30. The van der Waals surface area contributed by atoms with E-state index in [2.05, 4.69) is 10.1 Å². The maximum atomic E-state index is 13.4. The molecule has 0 saturated carbocycles. The highest BCUT2D eigenvalue weighted by molar-refractivity contribution is 7.93. The SMILES string of the molecule is CCN(c1cccc(C)c1)S(=O)(=O)c1cc(-c2nc(-c3ccccc3)no2)sc1C. The Morgan fingerprint density at radius 1 is 1.03 bits per heavy atom. The fourth-order valence-corrected chi connectivity index (χ4v) is 6.20. The van der Waals surface area contributed by atoms with E-state index in [1.165, 1.54) is 15.6 Å². The lowest BCUT2D eigenvalue weighted by atomic mass is 10.2. The van der Waals surface area contributed by atoms with Crippen molar-refractivity contribution in [1.29, 1.82) is 0 Å².